The van der Waals surface area contributed by atoms with Crippen molar-refractivity contribution in [3.05, 3.63) is 35.4 Å². The fraction of sp³-hybridized carbons (Fsp3) is 0.562. The van der Waals surface area contributed by atoms with Crippen molar-refractivity contribution in [1.82, 2.24) is 10.2 Å². The highest BCUT2D eigenvalue weighted by molar-refractivity contribution is 5.85. The molecule has 4 atom stereocenters. The van der Waals surface area contributed by atoms with Gasteiger partial charge in [0.2, 0.25) is 5.91 Å². The maximum atomic E-state index is 13.8. The van der Waals surface area contributed by atoms with E-state index in [9.17, 15) is 13.6 Å². The first-order valence-electron chi connectivity index (χ1n) is 7.48. The maximum Gasteiger partial charge on any atom is 0.226 e. The summed E-state index contributed by atoms with van der Waals surface area (Å²) in [5.41, 5.74) is 0.0756. The van der Waals surface area contributed by atoms with E-state index < -0.39 is 11.6 Å². The summed E-state index contributed by atoms with van der Waals surface area (Å²) in [5, 5.41) is 3.32. The van der Waals surface area contributed by atoms with E-state index in [0.29, 0.717) is 13.0 Å². The molecule has 4 unspecified atom stereocenters. The van der Waals surface area contributed by atoms with Gasteiger partial charge in [-0.1, -0.05) is 6.07 Å². The molecule has 2 fully saturated rings. The van der Waals surface area contributed by atoms with Crippen molar-refractivity contribution in [1.29, 1.82) is 0 Å². The summed E-state index contributed by atoms with van der Waals surface area (Å²) in [6, 6.07) is 4.22. The molecule has 1 amide bonds. The standard InChI is InChI=1S/C16H20F2N2O.ClH/c1-9-10(2)20(7-6-19-9)16(21)12-8-11(12)15-13(17)4-3-5-14(15)18;/h3-5,9-12,19H,6-8H2,1-2H3;1H. The number of hydrogen-bond acceptors (Lipinski definition) is 2. The Labute approximate surface area is 135 Å². The summed E-state index contributed by atoms with van der Waals surface area (Å²) in [6.07, 6.45) is 0.543. The van der Waals surface area contributed by atoms with Gasteiger partial charge in [-0.05, 0) is 32.4 Å². The first-order valence-corrected chi connectivity index (χ1v) is 7.48. The van der Waals surface area contributed by atoms with Crippen LogP contribution in [0.3, 0.4) is 0 Å². The van der Waals surface area contributed by atoms with Crippen LogP contribution in [-0.2, 0) is 4.79 Å². The molecule has 1 aromatic carbocycles. The second-order valence-electron chi connectivity index (χ2n) is 6.10. The van der Waals surface area contributed by atoms with Gasteiger partial charge in [0.1, 0.15) is 11.6 Å². The third-order valence-electron chi connectivity index (χ3n) is 4.80. The molecule has 1 N–H and O–H groups in total. The number of nitrogens with one attached hydrogen (secondary N) is 1. The molecule has 3 rings (SSSR count). The van der Waals surface area contributed by atoms with Crippen LogP contribution in [0.5, 0.6) is 0 Å². The Kier molecular flexibility index (Phi) is 5.07. The van der Waals surface area contributed by atoms with Crippen LogP contribution in [0.15, 0.2) is 18.2 Å². The lowest BCUT2D eigenvalue weighted by molar-refractivity contribution is -0.136. The van der Waals surface area contributed by atoms with Crippen molar-refractivity contribution in [2.45, 2.75) is 38.3 Å². The van der Waals surface area contributed by atoms with Crippen LogP contribution in [0.1, 0.15) is 31.7 Å². The second kappa shape index (κ2) is 6.50. The topological polar surface area (TPSA) is 32.3 Å². The van der Waals surface area contributed by atoms with Crippen LogP contribution in [0.4, 0.5) is 8.78 Å². The largest absolute Gasteiger partial charge is 0.337 e. The first-order chi connectivity index (χ1) is 10.0. The number of nitrogens with zero attached hydrogens (tertiary/aromatic N) is 1. The zero-order valence-electron chi connectivity index (χ0n) is 12.7. The summed E-state index contributed by atoms with van der Waals surface area (Å²) in [7, 11) is 0. The van der Waals surface area contributed by atoms with Gasteiger partial charge in [0.05, 0.1) is 0 Å². The van der Waals surface area contributed by atoms with E-state index in [1.807, 2.05) is 18.7 Å². The van der Waals surface area contributed by atoms with Crippen LogP contribution in [-0.4, -0.2) is 36.0 Å². The zero-order chi connectivity index (χ0) is 15.1. The van der Waals surface area contributed by atoms with Crippen molar-refractivity contribution in [3.8, 4) is 0 Å². The number of carbonyl (C=O) groups is 1. The summed E-state index contributed by atoms with van der Waals surface area (Å²) in [5.74, 6) is -1.64. The third kappa shape index (κ3) is 2.97. The van der Waals surface area contributed by atoms with Crippen molar-refractivity contribution >= 4 is 18.3 Å². The summed E-state index contributed by atoms with van der Waals surface area (Å²) >= 11 is 0. The Bertz CT molecular complexity index is 549. The van der Waals surface area contributed by atoms with Gasteiger partial charge in [-0.25, -0.2) is 8.78 Å². The van der Waals surface area contributed by atoms with Crippen LogP contribution >= 0.6 is 12.4 Å². The van der Waals surface area contributed by atoms with Crippen molar-refractivity contribution in [2.24, 2.45) is 5.92 Å². The normalized spacial score (nSPS) is 30.6. The highest BCUT2D eigenvalue weighted by atomic mass is 35.5. The molecule has 1 heterocycles. The van der Waals surface area contributed by atoms with Gasteiger partial charge in [0.15, 0.2) is 0 Å². The van der Waals surface area contributed by atoms with Gasteiger partial charge in [-0.2, -0.15) is 0 Å². The number of halogens is 3. The quantitative estimate of drug-likeness (QED) is 0.904. The SMILES string of the molecule is CC1NCCN(C(=O)C2CC2c2c(F)cccc2F)C1C.Cl. The molecule has 6 heteroatoms. The van der Waals surface area contributed by atoms with Crippen LogP contribution in [0, 0.1) is 17.6 Å². The fourth-order valence-corrected chi connectivity index (χ4v) is 3.23. The van der Waals surface area contributed by atoms with Gasteiger partial charge in [-0.3, -0.25) is 4.79 Å². The molecule has 1 aliphatic carbocycles. The van der Waals surface area contributed by atoms with E-state index in [-0.39, 0.29) is 47.8 Å². The van der Waals surface area contributed by atoms with Crippen molar-refractivity contribution in [3.63, 3.8) is 0 Å². The van der Waals surface area contributed by atoms with E-state index >= 15 is 0 Å². The molecule has 0 aromatic heterocycles. The highest BCUT2D eigenvalue weighted by Crippen LogP contribution is 2.50. The molecule has 2 aliphatic rings. The predicted octanol–water partition coefficient (Wildman–Crippen LogP) is 2.70. The number of rotatable bonds is 2. The number of benzene rings is 1. The molecule has 0 spiro atoms. The summed E-state index contributed by atoms with van der Waals surface area (Å²) < 4.78 is 27.6. The predicted molar refractivity (Wildman–Crippen MR) is 83.1 cm³/mol. The third-order valence-corrected chi connectivity index (χ3v) is 4.80. The van der Waals surface area contributed by atoms with E-state index in [1.165, 1.54) is 18.2 Å². The Morgan fingerprint density at radius 2 is 1.91 bits per heavy atom. The molecular formula is C16H21ClF2N2O. The lowest BCUT2D eigenvalue weighted by Crippen LogP contribution is -2.57. The summed E-state index contributed by atoms with van der Waals surface area (Å²) in [4.78, 5) is 14.4. The van der Waals surface area contributed by atoms with Gasteiger partial charge in [0.25, 0.3) is 0 Å². The average molecular weight is 331 g/mol. The minimum Gasteiger partial charge on any atom is -0.337 e. The van der Waals surface area contributed by atoms with Crippen LogP contribution in [0.2, 0.25) is 0 Å². The number of piperazine rings is 1. The molecule has 1 saturated carbocycles. The second-order valence-corrected chi connectivity index (χ2v) is 6.10. The monoisotopic (exact) mass is 330 g/mol. The van der Waals surface area contributed by atoms with Gasteiger partial charge in [0, 0.05) is 42.6 Å². The lowest BCUT2D eigenvalue weighted by Gasteiger charge is -2.38. The minimum atomic E-state index is -0.544. The number of amides is 1. The Hall–Kier alpha value is -1.20. The van der Waals surface area contributed by atoms with Gasteiger partial charge < -0.3 is 10.2 Å². The highest BCUT2D eigenvalue weighted by Gasteiger charge is 2.49. The Morgan fingerprint density at radius 3 is 2.55 bits per heavy atom. The molecule has 0 radical (unpaired) electrons. The lowest BCUT2D eigenvalue weighted by atomic mass is 10.0. The van der Waals surface area contributed by atoms with E-state index in [4.69, 9.17) is 0 Å². The van der Waals surface area contributed by atoms with Crippen molar-refractivity contribution in [2.75, 3.05) is 13.1 Å². The average Bonchev–Trinajstić information content (AvgIpc) is 3.21. The van der Waals surface area contributed by atoms with E-state index in [1.54, 1.807) is 0 Å². The van der Waals surface area contributed by atoms with Crippen molar-refractivity contribution < 1.29 is 13.6 Å². The Balaban J connectivity index is 0.00000176. The molecule has 22 heavy (non-hydrogen) atoms. The Morgan fingerprint density at radius 1 is 1.27 bits per heavy atom. The molecule has 122 valence electrons. The smallest absolute Gasteiger partial charge is 0.226 e. The molecule has 1 aromatic rings. The molecule has 0 bridgehead atoms. The van der Waals surface area contributed by atoms with Gasteiger partial charge in [-0.15, -0.1) is 12.4 Å². The molecule has 3 nitrogen and oxygen atoms in total. The van der Waals surface area contributed by atoms with Crippen LogP contribution < -0.4 is 5.32 Å². The first kappa shape index (κ1) is 17.2. The van der Waals surface area contributed by atoms with E-state index in [0.717, 1.165) is 6.54 Å². The van der Waals surface area contributed by atoms with Crippen LogP contribution in [0.25, 0.3) is 0 Å². The summed E-state index contributed by atoms with van der Waals surface area (Å²) in [6.45, 7) is 5.48. The molecular weight excluding hydrogens is 310 g/mol. The molecule has 1 saturated heterocycles. The zero-order valence-corrected chi connectivity index (χ0v) is 13.5. The fourth-order valence-electron chi connectivity index (χ4n) is 3.23. The van der Waals surface area contributed by atoms with Gasteiger partial charge >= 0.3 is 0 Å². The molecule has 1 aliphatic heterocycles. The maximum absolute atomic E-state index is 13.8. The van der Waals surface area contributed by atoms with E-state index in [2.05, 4.69) is 5.32 Å². The minimum absolute atomic E-state index is 0. The number of hydrogen-bond donors (Lipinski definition) is 1. The number of carbonyl (C=O) groups excluding carboxylic acids is 1.